The molecule has 2 aromatic rings. The van der Waals surface area contributed by atoms with Gasteiger partial charge in [-0.05, 0) is 61.6 Å². The molecule has 2 aromatic carbocycles. The number of hydrogen-bond donors (Lipinski definition) is 0. The summed E-state index contributed by atoms with van der Waals surface area (Å²) in [4.78, 5) is 15.1. The summed E-state index contributed by atoms with van der Waals surface area (Å²) in [5.74, 6) is 0.930. The van der Waals surface area contributed by atoms with Gasteiger partial charge in [0.2, 0.25) is 10.0 Å². The van der Waals surface area contributed by atoms with E-state index in [4.69, 9.17) is 4.74 Å². The van der Waals surface area contributed by atoms with Gasteiger partial charge in [-0.3, -0.25) is 4.79 Å². The number of hydrogen-bond acceptors (Lipinski definition) is 4. The molecule has 1 spiro atoms. The van der Waals surface area contributed by atoms with E-state index in [0.29, 0.717) is 31.7 Å². The van der Waals surface area contributed by atoms with E-state index in [9.17, 15) is 13.2 Å². The summed E-state index contributed by atoms with van der Waals surface area (Å²) in [6.07, 6.45) is 5.43. The second-order valence-electron chi connectivity index (χ2n) is 8.82. The molecular formula is C24H28N2O4S. The highest BCUT2D eigenvalue weighted by atomic mass is 32.2. The molecule has 2 fully saturated rings. The fraction of sp³-hybridized carbons (Fsp3) is 0.458. The van der Waals surface area contributed by atoms with Crippen molar-refractivity contribution in [1.29, 1.82) is 0 Å². The molecule has 0 radical (unpaired) electrons. The van der Waals surface area contributed by atoms with Crippen LogP contribution in [0.1, 0.15) is 48.0 Å². The summed E-state index contributed by atoms with van der Waals surface area (Å²) >= 11 is 0. The summed E-state index contributed by atoms with van der Waals surface area (Å²) in [5, 5.41) is 0. The van der Waals surface area contributed by atoms with Crippen molar-refractivity contribution in [3.05, 3.63) is 59.7 Å². The van der Waals surface area contributed by atoms with Crippen LogP contribution < -0.4 is 4.74 Å². The van der Waals surface area contributed by atoms with Crippen molar-refractivity contribution < 1.29 is 17.9 Å². The molecule has 3 aliphatic heterocycles. The summed E-state index contributed by atoms with van der Waals surface area (Å²) < 4.78 is 33.3. The van der Waals surface area contributed by atoms with Crippen molar-refractivity contribution in [2.45, 2.75) is 49.0 Å². The zero-order valence-corrected chi connectivity index (χ0v) is 18.4. The van der Waals surface area contributed by atoms with E-state index in [1.165, 1.54) is 9.87 Å². The highest BCUT2D eigenvalue weighted by Crippen LogP contribution is 2.39. The monoisotopic (exact) mass is 440 g/mol. The molecular weight excluding hydrogens is 412 g/mol. The normalized spacial score (nSPS) is 21.0. The Labute approximate surface area is 183 Å². The first-order valence-electron chi connectivity index (χ1n) is 11.1. The molecule has 7 heteroatoms. The lowest BCUT2D eigenvalue weighted by atomic mass is 9.83. The molecule has 1 amide bonds. The van der Waals surface area contributed by atoms with Gasteiger partial charge >= 0.3 is 0 Å². The van der Waals surface area contributed by atoms with Crippen LogP contribution in [0, 0.1) is 0 Å². The van der Waals surface area contributed by atoms with Crippen LogP contribution >= 0.6 is 0 Å². The first-order chi connectivity index (χ1) is 15.0. The predicted molar refractivity (Wildman–Crippen MR) is 118 cm³/mol. The number of carbonyl (C=O) groups is 1. The molecule has 0 N–H and O–H groups in total. The Morgan fingerprint density at radius 1 is 0.871 bits per heavy atom. The second-order valence-corrected chi connectivity index (χ2v) is 10.8. The number of benzene rings is 2. The molecule has 0 atom stereocenters. The minimum Gasteiger partial charge on any atom is -0.487 e. The SMILES string of the molecule is O=C(c1ccc(S(=O)(=O)N2CCCC2)cc1)N1CCC2(CCc3ccccc3O2)CC1. The highest BCUT2D eigenvalue weighted by molar-refractivity contribution is 7.89. The van der Waals surface area contributed by atoms with Gasteiger partial charge in [0.25, 0.3) is 5.91 Å². The summed E-state index contributed by atoms with van der Waals surface area (Å²) in [7, 11) is -3.46. The fourth-order valence-corrected chi connectivity index (χ4v) is 6.47. The standard InChI is InChI=1S/C24H28N2O4S/c27-23(20-7-9-21(10-8-20)31(28,29)26-15-3-4-16-26)25-17-13-24(14-18-25)12-11-19-5-1-2-6-22(19)30-24/h1-2,5-10H,3-4,11-18H2. The Morgan fingerprint density at radius 3 is 2.26 bits per heavy atom. The smallest absolute Gasteiger partial charge is 0.253 e. The van der Waals surface area contributed by atoms with Gasteiger partial charge in [-0.25, -0.2) is 8.42 Å². The first-order valence-corrected chi connectivity index (χ1v) is 12.6. The van der Waals surface area contributed by atoms with E-state index in [-0.39, 0.29) is 16.4 Å². The van der Waals surface area contributed by atoms with Crippen LogP contribution in [0.3, 0.4) is 0 Å². The maximum Gasteiger partial charge on any atom is 0.253 e. The number of sulfonamides is 1. The Balaban J connectivity index is 1.24. The van der Waals surface area contributed by atoms with Crippen LogP contribution in [-0.4, -0.2) is 55.3 Å². The van der Waals surface area contributed by atoms with Crippen LogP contribution in [0.2, 0.25) is 0 Å². The van der Waals surface area contributed by atoms with Gasteiger partial charge in [-0.1, -0.05) is 18.2 Å². The second kappa shape index (κ2) is 7.95. The van der Waals surface area contributed by atoms with E-state index in [1.807, 2.05) is 23.1 Å². The third-order valence-electron chi connectivity index (χ3n) is 6.91. The lowest BCUT2D eigenvalue weighted by Gasteiger charge is -2.44. The number of piperidine rings is 1. The Morgan fingerprint density at radius 2 is 1.55 bits per heavy atom. The number of fused-ring (bicyclic) bond motifs is 1. The zero-order valence-electron chi connectivity index (χ0n) is 17.6. The van der Waals surface area contributed by atoms with E-state index >= 15 is 0 Å². The van der Waals surface area contributed by atoms with E-state index < -0.39 is 10.0 Å². The van der Waals surface area contributed by atoms with Crippen molar-refractivity contribution in [3.63, 3.8) is 0 Å². The van der Waals surface area contributed by atoms with Crippen LogP contribution in [0.4, 0.5) is 0 Å². The van der Waals surface area contributed by atoms with Crippen molar-refractivity contribution in [2.75, 3.05) is 26.2 Å². The highest BCUT2D eigenvalue weighted by Gasteiger charge is 2.40. The van der Waals surface area contributed by atoms with E-state index in [0.717, 1.165) is 44.3 Å². The molecule has 0 bridgehead atoms. The topological polar surface area (TPSA) is 66.9 Å². The average molecular weight is 441 g/mol. The quantitative estimate of drug-likeness (QED) is 0.733. The lowest BCUT2D eigenvalue weighted by Crippen LogP contribution is -2.51. The molecule has 0 unspecified atom stereocenters. The number of para-hydroxylation sites is 1. The predicted octanol–water partition coefficient (Wildman–Crippen LogP) is 3.47. The van der Waals surface area contributed by atoms with Gasteiger partial charge in [0.1, 0.15) is 11.4 Å². The molecule has 3 aliphatic rings. The molecule has 5 rings (SSSR count). The Bertz CT molecular complexity index is 1070. The number of ether oxygens (including phenoxy) is 1. The van der Waals surface area contributed by atoms with Crippen molar-refractivity contribution >= 4 is 15.9 Å². The van der Waals surface area contributed by atoms with Crippen LogP contribution in [-0.2, 0) is 16.4 Å². The van der Waals surface area contributed by atoms with Gasteiger partial charge in [0.05, 0.1) is 4.90 Å². The van der Waals surface area contributed by atoms with Crippen LogP contribution in [0.15, 0.2) is 53.4 Å². The van der Waals surface area contributed by atoms with Gasteiger partial charge in [-0.2, -0.15) is 4.31 Å². The maximum atomic E-state index is 13.0. The van der Waals surface area contributed by atoms with E-state index in [1.54, 1.807) is 24.3 Å². The average Bonchev–Trinajstić information content (AvgIpc) is 3.35. The number of amides is 1. The minimum atomic E-state index is -3.46. The summed E-state index contributed by atoms with van der Waals surface area (Å²) in [6.45, 7) is 2.44. The van der Waals surface area contributed by atoms with Crippen molar-refractivity contribution in [3.8, 4) is 5.75 Å². The van der Waals surface area contributed by atoms with Gasteiger partial charge in [0, 0.05) is 44.6 Å². The number of likely N-dealkylation sites (tertiary alicyclic amines) is 1. The van der Waals surface area contributed by atoms with Gasteiger partial charge in [0.15, 0.2) is 0 Å². The van der Waals surface area contributed by atoms with Gasteiger partial charge < -0.3 is 9.64 Å². The largest absolute Gasteiger partial charge is 0.487 e. The third-order valence-corrected chi connectivity index (χ3v) is 8.83. The summed E-state index contributed by atoms with van der Waals surface area (Å²) in [6, 6.07) is 14.6. The van der Waals surface area contributed by atoms with Crippen LogP contribution in [0.5, 0.6) is 5.75 Å². The molecule has 3 heterocycles. The van der Waals surface area contributed by atoms with Crippen molar-refractivity contribution in [1.82, 2.24) is 9.21 Å². The number of rotatable bonds is 3. The van der Waals surface area contributed by atoms with Gasteiger partial charge in [-0.15, -0.1) is 0 Å². The lowest BCUT2D eigenvalue weighted by molar-refractivity contribution is -0.0106. The Kier molecular flexibility index (Phi) is 5.26. The van der Waals surface area contributed by atoms with Crippen LogP contribution in [0.25, 0.3) is 0 Å². The third kappa shape index (κ3) is 3.85. The minimum absolute atomic E-state index is 0.0452. The molecule has 0 aliphatic carbocycles. The molecule has 0 saturated carbocycles. The number of aryl methyl sites for hydroxylation is 1. The first kappa shape index (κ1) is 20.5. The number of nitrogens with zero attached hydrogens (tertiary/aromatic N) is 2. The molecule has 0 aromatic heterocycles. The zero-order chi connectivity index (χ0) is 21.5. The fourth-order valence-electron chi connectivity index (χ4n) is 4.96. The molecule has 31 heavy (non-hydrogen) atoms. The molecule has 164 valence electrons. The van der Waals surface area contributed by atoms with Crippen molar-refractivity contribution in [2.24, 2.45) is 0 Å². The Hall–Kier alpha value is -2.38. The maximum absolute atomic E-state index is 13.0. The summed E-state index contributed by atoms with van der Waals surface area (Å²) in [5.41, 5.74) is 1.61. The molecule has 2 saturated heterocycles. The van der Waals surface area contributed by atoms with E-state index in [2.05, 4.69) is 6.07 Å². The molecule has 6 nitrogen and oxygen atoms in total. The number of carbonyl (C=O) groups excluding carboxylic acids is 1.